The van der Waals surface area contributed by atoms with Crippen molar-refractivity contribution in [3.05, 3.63) is 28.9 Å². The van der Waals surface area contributed by atoms with Crippen molar-refractivity contribution in [2.75, 3.05) is 5.73 Å². The molecular weight excluding hydrogens is 226 g/mol. The number of nitrogens with zero attached hydrogens (tertiary/aromatic N) is 4. The number of aryl methyl sites for hydroxylation is 1. The van der Waals surface area contributed by atoms with Crippen molar-refractivity contribution in [3.8, 4) is 0 Å². The fraction of sp³-hybridized carbons (Fsp3) is 0.100. The van der Waals surface area contributed by atoms with Crippen molar-refractivity contribution in [1.82, 2.24) is 19.6 Å². The van der Waals surface area contributed by atoms with Crippen LogP contribution >= 0.6 is 11.6 Å². The van der Waals surface area contributed by atoms with Crippen LogP contribution in [0.1, 0.15) is 5.56 Å². The summed E-state index contributed by atoms with van der Waals surface area (Å²) in [6.45, 7) is 2.00. The molecule has 16 heavy (non-hydrogen) atoms. The summed E-state index contributed by atoms with van der Waals surface area (Å²) in [6, 6.07) is 5.85. The van der Waals surface area contributed by atoms with Crippen molar-refractivity contribution >= 4 is 34.2 Å². The lowest BCUT2D eigenvalue weighted by Crippen LogP contribution is -1.98. The van der Waals surface area contributed by atoms with E-state index in [1.807, 2.05) is 25.1 Å². The van der Waals surface area contributed by atoms with Crippen LogP contribution in [0.4, 0.5) is 5.95 Å². The summed E-state index contributed by atoms with van der Waals surface area (Å²) in [5.74, 6) is 0.315. The Morgan fingerprint density at radius 1 is 1.31 bits per heavy atom. The molecule has 5 nitrogen and oxygen atoms in total. The molecule has 1 aromatic carbocycles. The molecule has 2 aromatic heterocycles. The van der Waals surface area contributed by atoms with E-state index in [1.54, 1.807) is 4.40 Å². The van der Waals surface area contributed by atoms with Crippen LogP contribution in [0.5, 0.6) is 0 Å². The predicted molar refractivity (Wildman–Crippen MR) is 62.4 cm³/mol. The minimum Gasteiger partial charge on any atom is -0.368 e. The minimum absolute atomic E-state index is 0.306. The van der Waals surface area contributed by atoms with E-state index in [1.165, 1.54) is 0 Å². The van der Waals surface area contributed by atoms with Gasteiger partial charge in [-0.3, -0.25) is 4.40 Å². The van der Waals surface area contributed by atoms with Gasteiger partial charge in [0, 0.05) is 0 Å². The zero-order valence-electron chi connectivity index (χ0n) is 8.48. The highest BCUT2D eigenvalue weighted by Gasteiger charge is 2.11. The molecule has 0 aliphatic heterocycles. The Balaban J connectivity index is 2.64. The van der Waals surface area contributed by atoms with Gasteiger partial charge < -0.3 is 5.73 Å². The van der Waals surface area contributed by atoms with Crippen molar-refractivity contribution in [1.29, 1.82) is 0 Å². The monoisotopic (exact) mass is 233 g/mol. The molecular formula is C10H8ClN5. The Labute approximate surface area is 95.9 Å². The van der Waals surface area contributed by atoms with E-state index in [9.17, 15) is 0 Å². The topological polar surface area (TPSA) is 69.1 Å². The second kappa shape index (κ2) is 3.05. The third-order valence-electron chi connectivity index (χ3n) is 2.46. The number of fused-ring (bicyclic) bond motifs is 3. The lowest BCUT2D eigenvalue weighted by molar-refractivity contribution is 1.12. The molecule has 0 bridgehead atoms. The van der Waals surface area contributed by atoms with Gasteiger partial charge >= 0.3 is 0 Å². The maximum absolute atomic E-state index is 6.00. The second-order valence-corrected chi connectivity index (χ2v) is 3.97. The summed E-state index contributed by atoms with van der Waals surface area (Å²) in [4.78, 5) is 4.24. The molecule has 3 aromatic rings. The van der Waals surface area contributed by atoms with Crippen LogP contribution in [0, 0.1) is 6.92 Å². The molecule has 80 valence electrons. The van der Waals surface area contributed by atoms with E-state index in [-0.39, 0.29) is 0 Å². The molecule has 0 aliphatic rings. The Morgan fingerprint density at radius 2 is 2.12 bits per heavy atom. The molecule has 3 rings (SSSR count). The average molecular weight is 234 g/mol. The van der Waals surface area contributed by atoms with Gasteiger partial charge in [-0.15, -0.1) is 10.2 Å². The summed E-state index contributed by atoms with van der Waals surface area (Å²) in [7, 11) is 0. The van der Waals surface area contributed by atoms with Crippen molar-refractivity contribution < 1.29 is 0 Å². The van der Waals surface area contributed by atoms with Gasteiger partial charge in [0.05, 0.1) is 11.0 Å². The summed E-state index contributed by atoms with van der Waals surface area (Å²) in [5.41, 5.74) is 9.00. The molecule has 0 atom stereocenters. The van der Waals surface area contributed by atoms with Crippen molar-refractivity contribution in [3.63, 3.8) is 0 Å². The van der Waals surface area contributed by atoms with Gasteiger partial charge in [0.1, 0.15) is 0 Å². The lowest BCUT2D eigenvalue weighted by atomic mass is 10.2. The fourth-order valence-corrected chi connectivity index (χ4v) is 1.94. The van der Waals surface area contributed by atoms with E-state index < -0.39 is 0 Å². The molecule has 0 aliphatic carbocycles. The first-order chi connectivity index (χ1) is 7.66. The standard InChI is InChI=1S/C10H8ClN5/c1-5-2-3-6-7(4-5)16-9(8(11)13-6)14-15-10(16)12/h2-4H,1H3,(H2,12,15). The van der Waals surface area contributed by atoms with Gasteiger partial charge in [0.15, 0.2) is 5.15 Å². The summed E-state index contributed by atoms with van der Waals surface area (Å²) >= 11 is 6.00. The van der Waals surface area contributed by atoms with E-state index in [0.29, 0.717) is 16.7 Å². The number of nitrogens with two attached hydrogens (primary N) is 1. The third kappa shape index (κ3) is 1.15. The number of benzene rings is 1. The average Bonchev–Trinajstić information content (AvgIpc) is 2.63. The maximum atomic E-state index is 6.00. The number of nitrogen functional groups attached to an aromatic ring is 1. The first kappa shape index (κ1) is 9.35. The summed E-state index contributed by atoms with van der Waals surface area (Å²) in [5, 5.41) is 8.00. The highest BCUT2D eigenvalue weighted by Crippen LogP contribution is 2.22. The largest absolute Gasteiger partial charge is 0.368 e. The molecule has 0 fully saturated rings. The predicted octanol–water partition coefficient (Wildman–Crippen LogP) is 1.82. The molecule has 2 N–H and O–H groups in total. The van der Waals surface area contributed by atoms with Crippen molar-refractivity contribution in [2.45, 2.75) is 6.92 Å². The first-order valence-electron chi connectivity index (χ1n) is 4.73. The van der Waals surface area contributed by atoms with E-state index >= 15 is 0 Å². The van der Waals surface area contributed by atoms with E-state index in [2.05, 4.69) is 15.2 Å². The van der Waals surface area contributed by atoms with Gasteiger partial charge in [0.25, 0.3) is 0 Å². The Kier molecular flexibility index (Phi) is 1.79. The number of rotatable bonds is 0. The molecule has 0 saturated carbocycles. The Morgan fingerprint density at radius 3 is 2.94 bits per heavy atom. The smallest absolute Gasteiger partial charge is 0.227 e. The number of anilines is 1. The molecule has 0 spiro atoms. The van der Waals surface area contributed by atoms with Crippen LogP contribution in [0.2, 0.25) is 5.15 Å². The SMILES string of the molecule is Cc1ccc2nc(Cl)c3nnc(N)n3c2c1. The summed E-state index contributed by atoms with van der Waals surface area (Å²) < 4.78 is 1.71. The quantitative estimate of drug-likeness (QED) is 0.643. The van der Waals surface area contributed by atoms with Gasteiger partial charge in [0.2, 0.25) is 11.6 Å². The van der Waals surface area contributed by atoms with Crippen molar-refractivity contribution in [2.24, 2.45) is 0 Å². The lowest BCUT2D eigenvalue weighted by Gasteiger charge is -2.04. The first-order valence-corrected chi connectivity index (χ1v) is 5.11. The molecule has 0 saturated heterocycles. The zero-order chi connectivity index (χ0) is 11.3. The van der Waals surface area contributed by atoms with Crippen LogP contribution in [0.25, 0.3) is 16.7 Å². The van der Waals surface area contributed by atoms with Crippen LogP contribution in [0.15, 0.2) is 18.2 Å². The molecule has 2 heterocycles. The summed E-state index contributed by atoms with van der Waals surface area (Å²) in [6.07, 6.45) is 0. The zero-order valence-corrected chi connectivity index (χ0v) is 9.23. The van der Waals surface area contributed by atoms with Crippen LogP contribution < -0.4 is 5.73 Å². The van der Waals surface area contributed by atoms with E-state index in [0.717, 1.165) is 16.6 Å². The molecule has 0 unspecified atom stereocenters. The fourth-order valence-electron chi connectivity index (χ4n) is 1.73. The van der Waals surface area contributed by atoms with Gasteiger partial charge in [-0.05, 0) is 24.6 Å². The van der Waals surface area contributed by atoms with Gasteiger partial charge in [-0.1, -0.05) is 17.7 Å². The number of aromatic nitrogens is 4. The molecule has 0 radical (unpaired) electrons. The normalized spacial score (nSPS) is 11.4. The minimum atomic E-state index is 0.306. The second-order valence-electron chi connectivity index (χ2n) is 3.61. The number of hydrogen-bond acceptors (Lipinski definition) is 4. The highest BCUT2D eigenvalue weighted by molar-refractivity contribution is 6.32. The van der Waals surface area contributed by atoms with Gasteiger partial charge in [-0.25, -0.2) is 4.98 Å². The van der Waals surface area contributed by atoms with Crippen LogP contribution in [0.3, 0.4) is 0 Å². The Bertz CT molecular complexity index is 703. The van der Waals surface area contributed by atoms with Gasteiger partial charge in [-0.2, -0.15) is 0 Å². The number of halogens is 1. The Hall–Kier alpha value is -1.88. The maximum Gasteiger partial charge on any atom is 0.227 e. The van der Waals surface area contributed by atoms with Crippen LogP contribution in [-0.4, -0.2) is 19.6 Å². The third-order valence-corrected chi connectivity index (χ3v) is 2.72. The van der Waals surface area contributed by atoms with Crippen LogP contribution in [-0.2, 0) is 0 Å². The number of hydrogen-bond donors (Lipinski definition) is 1. The highest BCUT2D eigenvalue weighted by atomic mass is 35.5. The molecule has 0 amide bonds. The molecule has 6 heteroatoms. The van der Waals surface area contributed by atoms with E-state index in [4.69, 9.17) is 17.3 Å².